The molecular weight excluding hydrogens is 693 g/mol. The van der Waals surface area contributed by atoms with Gasteiger partial charge in [-0.05, 0) is 101 Å². The van der Waals surface area contributed by atoms with Crippen LogP contribution in [0.5, 0.6) is 0 Å². The topological polar surface area (TPSA) is 121 Å². The highest BCUT2D eigenvalue weighted by Crippen LogP contribution is 2.38. The number of aliphatic hydroxyl groups is 2. The summed E-state index contributed by atoms with van der Waals surface area (Å²) in [5.74, 6) is -0.296. The zero-order chi connectivity index (χ0) is 40.4. The van der Waals surface area contributed by atoms with Crippen LogP contribution in [0.2, 0.25) is 18.1 Å². The average Bonchev–Trinajstić information content (AvgIpc) is 3.65. The van der Waals surface area contributed by atoms with Crippen LogP contribution in [0.15, 0.2) is 71.9 Å². The van der Waals surface area contributed by atoms with Crippen LogP contribution < -0.4 is 0 Å². The highest BCUT2D eigenvalue weighted by atomic mass is 28.4. The Hall–Kier alpha value is -2.65. The minimum atomic E-state index is -1.83. The predicted octanol–water partition coefficient (Wildman–Crippen LogP) is 11.3. The number of carbonyl (C=O) groups excluding carboxylic acids is 2. The molecule has 0 aliphatic heterocycles. The largest absolute Gasteiger partial charge is 0.481 e. The molecule has 2 aliphatic rings. The van der Waals surface area contributed by atoms with Crippen molar-refractivity contribution in [2.75, 3.05) is 6.61 Å². The maximum Gasteiger partial charge on any atom is 0.303 e. The Bertz CT molecular complexity index is 1280. The van der Waals surface area contributed by atoms with E-state index in [2.05, 4.69) is 65.9 Å². The van der Waals surface area contributed by atoms with E-state index in [1.807, 2.05) is 30.4 Å². The van der Waals surface area contributed by atoms with Gasteiger partial charge < -0.3 is 19.7 Å². The van der Waals surface area contributed by atoms with Crippen molar-refractivity contribution in [1.29, 1.82) is 0 Å². The van der Waals surface area contributed by atoms with Crippen LogP contribution in [0, 0.1) is 11.8 Å². The van der Waals surface area contributed by atoms with Crippen LogP contribution >= 0.6 is 0 Å². The lowest BCUT2D eigenvalue weighted by Gasteiger charge is -2.39. The van der Waals surface area contributed by atoms with E-state index in [0.717, 1.165) is 88.2 Å². The SMILES string of the molecule is CCCCC[C@@H](C/C=C1/C(=O)C=C[C@@H]1C/C=C\CCCCO)O[Si](C)(C)C(C)(C)C.CCCCC[C@H](O)C/C=C1/C(=O)C=C[C@@H]1C/C=C\CCCC(=O)O. The summed E-state index contributed by atoms with van der Waals surface area (Å²) in [7, 11) is -1.83. The molecule has 4 atom stereocenters. The van der Waals surface area contributed by atoms with Gasteiger partial charge in [0.2, 0.25) is 0 Å². The lowest BCUT2D eigenvalue weighted by molar-refractivity contribution is -0.137. The molecule has 306 valence electrons. The molecule has 0 aromatic heterocycles. The Morgan fingerprint density at radius 2 is 1.30 bits per heavy atom. The summed E-state index contributed by atoms with van der Waals surface area (Å²) in [6.45, 7) is 16.1. The van der Waals surface area contributed by atoms with E-state index < -0.39 is 14.3 Å². The van der Waals surface area contributed by atoms with E-state index >= 15 is 0 Å². The van der Waals surface area contributed by atoms with Crippen LogP contribution in [-0.2, 0) is 18.8 Å². The second kappa shape index (κ2) is 27.9. The molecule has 8 heteroatoms. The number of hydrogen-bond donors (Lipinski definition) is 3. The summed E-state index contributed by atoms with van der Waals surface area (Å²) < 4.78 is 6.74. The van der Waals surface area contributed by atoms with Crippen molar-refractivity contribution in [1.82, 2.24) is 0 Å². The second-order valence-electron chi connectivity index (χ2n) is 16.5. The van der Waals surface area contributed by atoms with E-state index in [-0.39, 0.29) is 53.7 Å². The molecule has 0 aromatic carbocycles. The summed E-state index contributed by atoms with van der Waals surface area (Å²) in [4.78, 5) is 34.8. The first-order valence-corrected chi connectivity index (χ1v) is 23.9. The zero-order valence-corrected chi connectivity index (χ0v) is 36.0. The normalized spacial score (nSPS) is 20.2. The molecule has 0 unspecified atom stereocenters. The Morgan fingerprint density at radius 1 is 0.778 bits per heavy atom. The highest BCUT2D eigenvalue weighted by molar-refractivity contribution is 6.74. The minimum absolute atomic E-state index is 0.0417. The first-order valence-electron chi connectivity index (χ1n) is 21.0. The number of aliphatic carboxylic acids is 1. The Kier molecular flexibility index (Phi) is 25.5. The zero-order valence-electron chi connectivity index (χ0n) is 35.0. The van der Waals surface area contributed by atoms with E-state index in [1.54, 1.807) is 12.2 Å². The molecule has 2 rings (SSSR count). The summed E-state index contributed by atoms with van der Waals surface area (Å²) in [5.41, 5.74) is 1.72. The monoisotopic (exact) mass is 769 g/mol. The van der Waals surface area contributed by atoms with Crippen molar-refractivity contribution >= 4 is 25.9 Å². The van der Waals surface area contributed by atoms with Crippen LogP contribution in [0.25, 0.3) is 0 Å². The molecule has 0 fully saturated rings. The molecule has 3 N–H and O–H groups in total. The van der Waals surface area contributed by atoms with Gasteiger partial charge in [0.05, 0.1) is 6.10 Å². The van der Waals surface area contributed by atoms with Crippen LogP contribution in [0.1, 0.15) is 150 Å². The van der Waals surface area contributed by atoms with Gasteiger partial charge in [0.15, 0.2) is 19.9 Å². The van der Waals surface area contributed by atoms with Crippen LogP contribution in [0.3, 0.4) is 0 Å². The molecule has 54 heavy (non-hydrogen) atoms. The average molecular weight is 769 g/mol. The first kappa shape index (κ1) is 49.4. The third-order valence-corrected chi connectivity index (χ3v) is 15.3. The second-order valence-corrected chi connectivity index (χ2v) is 21.3. The van der Waals surface area contributed by atoms with E-state index in [4.69, 9.17) is 14.6 Å². The fraction of sp³-hybridized carbons (Fsp3) is 0.674. The molecule has 0 spiro atoms. The molecule has 2 aliphatic carbocycles. The number of carboxylic acids is 1. The first-order chi connectivity index (χ1) is 25.7. The fourth-order valence-electron chi connectivity index (χ4n) is 6.26. The number of aliphatic hydroxyl groups excluding tert-OH is 2. The number of carboxylic acid groups (broad SMARTS) is 1. The minimum Gasteiger partial charge on any atom is -0.481 e. The van der Waals surface area contributed by atoms with Crippen LogP contribution in [0.4, 0.5) is 0 Å². The number of allylic oxidation sites excluding steroid dienone is 10. The van der Waals surface area contributed by atoms with Gasteiger partial charge in [-0.25, -0.2) is 0 Å². The molecule has 0 heterocycles. The van der Waals surface area contributed by atoms with Gasteiger partial charge in [-0.3, -0.25) is 14.4 Å². The Labute approximate surface area is 330 Å². The van der Waals surface area contributed by atoms with Gasteiger partial charge in [-0.15, -0.1) is 0 Å². The van der Waals surface area contributed by atoms with Gasteiger partial charge in [-0.2, -0.15) is 0 Å². The number of carbonyl (C=O) groups is 3. The molecular formula is C46H76O7Si. The van der Waals surface area contributed by atoms with Crippen molar-refractivity contribution in [2.45, 2.75) is 181 Å². The van der Waals surface area contributed by atoms with E-state index in [0.29, 0.717) is 12.8 Å². The van der Waals surface area contributed by atoms with Gasteiger partial charge in [0.25, 0.3) is 0 Å². The van der Waals surface area contributed by atoms with Gasteiger partial charge in [-0.1, -0.05) is 122 Å². The lowest BCUT2D eigenvalue weighted by Crippen LogP contribution is -2.43. The molecule has 0 radical (unpaired) electrons. The van der Waals surface area contributed by atoms with Crippen molar-refractivity contribution in [3.8, 4) is 0 Å². The highest BCUT2D eigenvalue weighted by Gasteiger charge is 2.39. The van der Waals surface area contributed by atoms with Crippen molar-refractivity contribution in [3.05, 3.63) is 71.9 Å². The smallest absolute Gasteiger partial charge is 0.303 e. The summed E-state index contributed by atoms with van der Waals surface area (Å²) in [6.07, 6.45) is 35.7. The summed E-state index contributed by atoms with van der Waals surface area (Å²) in [5, 5.41) is 27.6. The maximum absolute atomic E-state index is 12.4. The third-order valence-electron chi connectivity index (χ3n) is 10.7. The molecule has 0 amide bonds. The predicted molar refractivity (Wildman–Crippen MR) is 227 cm³/mol. The number of rotatable bonds is 26. The molecule has 0 bridgehead atoms. The number of unbranched alkanes of at least 4 members (excludes halogenated alkanes) is 7. The quantitative estimate of drug-likeness (QED) is 0.0347. The Balaban J connectivity index is 0.000000553. The summed E-state index contributed by atoms with van der Waals surface area (Å²) >= 11 is 0. The van der Waals surface area contributed by atoms with Gasteiger partial charge in [0, 0.05) is 42.1 Å². The van der Waals surface area contributed by atoms with Crippen molar-refractivity contribution in [2.24, 2.45) is 11.8 Å². The fourth-order valence-corrected chi connectivity index (χ4v) is 7.66. The van der Waals surface area contributed by atoms with Crippen molar-refractivity contribution in [3.63, 3.8) is 0 Å². The van der Waals surface area contributed by atoms with E-state index in [9.17, 15) is 19.5 Å². The number of hydrogen-bond acceptors (Lipinski definition) is 6. The van der Waals surface area contributed by atoms with Gasteiger partial charge >= 0.3 is 5.97 Å². The molecule has 0 saturated carbocycles. The van der Waals surface area contributed by atoms with E-state index in [1.165, 1.54) is 19.3 Å². The Morgan fingerprint density at radius 3 is 1.80 bits per heavy atom. The standard InChI is InChI=1S/C26H46O3Si.C20H30O4/c1-7-8-12-16-23(29-30(5,6)26(2,3)4)18-19-24-22(17-20-25(24)28)15-13-10-9-11-14-21-27;1-2-3-6-10-17(21)13-14-18-16(12-15-19(18)22)9-7-4-5-8-11-20(23)24/h10,13,17,19-20,22-23,27H,7-9,11-12,14-16,18,21H2,1-6H3;4,7,12,14-17,21H,2-3,5-6,8-11,13H2,1H3,(H,23,24)/b13-10-,24-19+;7-4-,18-14+/t22-,23-;16-,17-/m00/s1. The third kappa shape index (κ3) is 20.9. The van der Waals surface area contributed by atoms with Gasteiger partial charge in [0.1, 0.15) is 0 Å². The molecule has 7 nitrogen and oxygen atoms in total. The van der Waals surface area contributed by atoms with Crippen LogP contribution in [-0.4, -0.2) is 60.0 Å². The lowest BCUT2D eigenvalue weighted by atomic mass is 9.95. The molecule has 0 aromatic rings. The maximum atomic E-state index is 12.4. The summed E-state index contributed by atoms with van der Waals surface area (Å²) in [6, 6.07) is 0. The molecule has 0 saturated heterocycles. The van der Waals surface area contributed by atoms with Crippen molar-refractivity contribution < 1.29 is 34.1 Å². The number of ketones is 2.